The average molecular weight is 337 g/mol. The molecule has 1 aromatic rings. The van der Waals surface area contributed by atoms with Gasteiger partial charge in [-0.1, -0.05) is 12.1 Å². The van der Waals surface area contributed by atoms with Crippen LogP contribution < -0.4 is 10.6 Å². The molecule has 0 aromatic heterocycles. The molecule has 1 aliphatic rings. The predicted molar refractivity (Wildman–Crippen MR) is 80.8 cm³/mol. The number of alkyl halides is 3. The van der Waals surface area contributed by atoms with Gasteiger partial charge in [-0.25, -0.2) is 0 Å². The molecule has 1 fully saturated rings. The van der Waals surface area contributed by atoms with Crippen LogP contribution >= 0.6 is 12.4 Å². The first-order valence-electron chi connectivity index (χ1n) is 7.01. The van der Waals surface area contributed by atoms with E-state index in [1.54, 1.807) is 0 Å². The maximum absolute atomic E-state index is 12.4. The third-order valence-corrected chi connectivity index (χ3v) is 3.85. The van der Waals surface area contributed by atoms with Crippen LogP contribution in [-0.4, -0.2) is 18.0 Å². The molecule has 1 aromatic carbocycles. The SMILES string of the molecule is CC1(C(=O)NCc2ccc(C(F)(F)F)cc2)CCCCN1.Cl. The van der Waals surface area contributed by atoms with Crippen molar-refractivity contribution in [2.75, 3.05) is 6.54 Å². The highest BCUT2D eigenvalue weighted by Gasteiger charge is 2.34. The predicted octanol–water partition coefficient (Wildman–Crippen LogP) is 3.28. The van der Waals surface area contributed by atoms with Crippen molar-refractivity contribution in [3.63, 3.8) is 0 Å². The Morgan fingerprint density at radius 1 is 1.27 bits per heavy atom. The van der Waals surface area contributed by atoms with E-state index in [9.17, 15) is 18.0 Å². The van der Waals surface area contributed by atoms with Crippen LogP contribution in [0, 0.1) is 0 Å². The van der Waals surface area contributed by atoms with Crippen LogP contribution in [0.5, 0.6) is 0 Å². The Morgan fingerprint density at radius 2 is 1.91 bits per heavy atom. The fourth-order valence-corrected chi connectivity index (χ4v) is 2.44. The quantitative estimate of drug-likeness (QED) is 0.889. The zero-order valence-electron chi connectivity index (χ0n) is 12.3. The average Bonchev–Trinajstić information content (AvgIpc) is 2.45. The van der Waals surface area contributed by atoms with Crippen molar-refractivity contribution >= 4 is 18.3 Å². The van der Waals surface area contributed by atoms with Crippen LogP contribution in [0.25, 0.3) is 0 Å². The van der Waals surface area contributed by atoms with Gasteiger partial charge in [-0.05, 0) is 50.4 Å². The molecule has 0 aliphatic carbocycles. The zero-order valence-corrected chi connectivity index (χ0v) is 13.1. The Labute approximate surface area is 134 Å². The highest BCUT2D eigenvalue weighted by Crippen LogP contribution is 2.29. The standard InChI is InChI=1S/C15H19F3N2O.ClH/c1-14(8-2-3-9-20-14)13(21)19-10-11-4-6-12(7-5-11)15(16,17)18;/h4-7,20H,2-3,8-10H2,1H3,(H,19,21);1H. The molecule has 1 unspecified atom stereocenters. The molecule has 22 heavy (non-hydrogen) atoms. The Bertz CT molecular complexity index is 497. The van der Waals surface area contributed by atoms with Crippen molar-refractivity contribution in [2.45, 2.75) is 44.4 Å². The lowest BCUT2D eigenvalue weighted by molar-refractivity contribution is -0.137. The second-order valence-corrected chi connectivity index (χ2v) is 5.59. The molecule has 0 saturated carbocycles. The minimum absolute atomic E-state index is 0. The van der Waals surface area contributed by atoms with Crippen molar-refractivity contribution in [3.8, 4) is 0 Å². The first kappa shape index (κ1) is 18.8. The third kappa shape index (κ3) is 4.61. The molecule has 0 spiro atoms. The van der Waals surface area contributed by atoms with Gasteiger partial charge in [0, 0.05) is 6.54 Å². The second-order valence-electron chi connectivity index (χ2n) is 5.59. The molecule has 0 radical (unpaired) electrons. The molecule has 2 N–H and O–H groups in total. The van der Waals surface area contributed by atoms with Gasteiger partial charge >= 0.3 is 6.18 Å². The number of amides is 1. The van der Waals surface area contributed by atoms with E-state index in [1.165, 1.54) is 12.1 Å². The van der Waals surface area contributed by atoms with Crippen LogP contribution in [0.1, 0.15) is 37.3 Å². The third-order valence-electron chi connectivity index (χ3n) is 3.85. The lowest BCUT2D eigenvalue weighted by atomic mass is 9.90. The van der Waals surface area contributed by atoms with E-state index in [-0.39, 0.29) is 24.9 Å². The van der Waals surface area contributed by atoms with E-state index in [4.69, 9.17) is 0 Å². The summed E-state index contributed by atoms with van der Waals surface area (Å²) in [4.78, 5) is 12.2. The van der Waals surface area contributed by atoms with Crippen LogP contribution in [0.3, 0.4) is 0 Å². The summed E-state index contributed by atoms with van der Waals surface area (Å²) in [6, 6.07) is 4.84. The van der Waals surface area contributed by atoms with Gasteiger partial charge in [0.1, 0.15) is 0 Å². The van der Waals surface area contributed by atoms with E-state index in [1.807, 2.05) is 6.92 Å². The van der Waals surface area contributed by atoms with Crippen molar-refractivity contribution in [3.05, 3.63) is 35.4 Å². The van der Waals surface area contributed by atoms with Gasteiger partial charge in [-0.3, -0.25) is 4.79 Å². The van der Waals surface area contributed by atoms with Gasteiger partial charge in [0.25, 0.3) is 0 Å². The largest absolute Gasteiger partial charge is 0.416 e. The number of carbonyl (C=O) groups excluding carboxylic acids is 1. The molecule has 1 saturated heterocycles. The molecule has 1 aliphatic heterocycles. The summed E-state index contributed by atoms with van der Waals surface area (Å²) >= 11 is 0. The molecule has 7 heteroatoms. The van der Waals surface area contributed by atoms with Gasteiger partial charge in [0.05, 0.1) is 11.1 Å². The number of nitrogens with one attached hydrogen (secondary N) is 2. The smallest absolute Gasteiger partial charge is 0.350 e. The molecule has 2 rings (SSSR count). The summed E-state index contributed by atoms with van der Waals surface area (Å²) in [5.41, 5.74) is -0.612. The molecule has 1 amide bonds. The number of piperidine rings is 1. The Balaban J connectivity index is 0.00000242. The summed E-state index contributed by atoms with van der Waals surface area (Å²) in [5.74, 6) is -0.109. The number of hydrogen-bond donors (Lipinski definition) is 2. The number of halogens is 4. The summed E-state index contributed by atoms with van der Waals surface area (Å²) in [6.45, 7) is 2.90. The van der Waals surface area contributed by atoms with E-state index < -0.39 is 17.3 Å². The topological polar surface area (TPSA) is 41.1 Å². The molecule has 1 heterocycles. The van der Waals surface area contributed by atoms with Gasteiger partial charge in [-0.2, -0.15) is 13.2 Å². The van der Waals surface area contributed by atoms with Gasteiger partial charge in [0.15, 0.2) is 0 Å². The Kier molecular flexibility index (Phi) is 6.26. The van der Waals surface area contributed by atoms with Crippen molar-refractivity contribution in [2.24, 2.45) is 0 Å². The fraction of sp³-hybridized carbons (Fsp3) is 0.533. The van der Waals surface area contributed by atoms with Crippen molar-refractivity contribution in [1.29, 1.82) is 0 Å². The molecular formula is C15H20ClF3N2O. The van der Waals surface area contributed by atoms with E-state index in [0.717, 1.165) is 37.9 Å². The Hall–Kier alpha value is -1.27. The first-order valence-corrected chi connectivity index (χ1v) is 7.01. The Morgan fingerprint density at radius 3 is 2.41 bits per heavy atom. The van der Waals surface area contributed by atoms with Crippen LogP contribution in [0.2, 0.25) is 0 Å². The van der Waals surface area contributed by atoms with Crippen molar-refractivity contribution < 1.29 is 18.0 Å². The van der Waals surface area contributed by atoms with Crippen molar-refractivity contribution in [1.82, 2.24) is 10.6 Å². The second kappa shape index (κ2) is 7.33. The van der Waals surface area contributed by atoms with E-state index in [2.05, 4.69) is 10.6 Å². The first-order chi connectivity index (χ1) is 9.81. The molecule has 124 valence electrons. The summed E-state index contributed by atoms with van der Waals surface area (Å²) in [6.07, 6.45) is -1.51. The molecule has 3 nitrogen and oxygen atoms in total. The lowest BCUT2D eigenvalue weighted by Gasteiger charge is -2.33. The maximum atomic E-state index is 12.4. The normalized spacial score (nSPS) is 21.8. The van der Waals surface area contributed by atoms with Crippen LogP contribution in [0.4, 0.5) is 13.2 Å². The molecular weight excluding hydrogens is 317 g/mol. The fourth-order valence-electron chi connectivity index (χ4n) is 2.44. The maximum Gasteiger partial charge on any atom is 0.416 e. The highest BCUT2D eigenvalue weighted by atomic mass is 35.5. The molecule has 1 atom stereocenters. The van der Waals surface area contributed by atoms with Gasteiger partial charge in [0.2, 0.25) is 5.91 Å². The van der Waals surface area contributed by atoms with Gasteiger partial charge in [-0.15, -0.1) is 12.4 Å². The summed E-state index contributed by atoms with van der Waals surface area (Å²) < 4.78 is 37.3. The van der Waals surface area contributed by atoms with Gasteiger partial charge < -0.3 is 10.6 Å². The monoisotopic (exact) mass is 336 g/mol. The molecule has 0 bridgehead atoms. The minimum Gasteiger partial charge on any atom is -0.350 e. The number of rotatable bonds is 3. The number of carbonyl (C=O) groups is 1. The van der Waals surface area contributed by atoms with E-state index >= 15 is 0 Å². The minimum atomic E-state index is -4.33. The zero-order chi connectivity index (χ0) is 15.5. The summed E-state index contributed by atoms with van der Waals surface area (Å²) in [5, 5.41) is 5.98. The lowest BCUT2D eigenvalue weighted by Crippen LogP contribution is -2.56. The number of hydrogen-bond acceptors (Lipinski definition) is 2. The van der Waals surface area contributed by atoms with Crippen LogP contribution in [-0.2, 0) is 17.5 Å². The van der Waals surface area contributed by atoms with Crippen LogP contribution in [0.15, 0.2) is 24.3 Å². The number of benzene rings is 1. The summed E-state index contributed by atoms with van der Waals surface area (Å²) in [7, 11) is 0. The van der Waals surface area contributed by atoms with E-state index in [0.29, 0.717) is 5.56 Å². The highest BCUT2D eigenvalue weighted by molar-refractivity contribution is 5.86.